The van der Waals surface area contributed by atoms with Crippen LogP contribution in [0.4, 0.5) is 5.82 Å². The average molecular weight is 280 g/mol. The third kappa shape index (κ3) is 1.85. The number of nitrogens with zero attached hydrogens (tertiary/aromatic N) is 2. The van der Waals surface area contributed by atoms with Crippen molar-refractivity contribution < 1.29 is 0 Å². The van der Waals surface area contributed by atoms with Crippen molar-refractivity contribution >= 4 is 21.7 Å². The van der Waals surface area contributed by atoms with Crippen LogP contribution in [0.3, 0.4) is 0 Å². The molecule has 2 N–H and O–H groups in total. The van der Waals surface area contributed by atoms with E-state index in [2.05, 4.69) is 47.0 Å². The average Bonchev–Trinajstić information content (AvgIpc) is 2.60. The predicted molar refractivity (Wildman–Crippen MR) is 69.3 cm³/mol. The van der Waals surface area contributed by atoms with Crippen LogP contribution in [0.15, 0.2) is 34.9 Å². The number of halogens is 1. The highest BCUT2D eigenvalue weighted by Crippen LogP contribution is 2.27. The molecule has 0 amide bonds. The SMILES string of the molecule is Cc1ccccc1C(C)n1ncc(Br)c1N. The summed E-state index contributed by atoms with van der Waals surface area (Å²) in [6.07, 6.45) is 1.73. The highest BCUT2D eigenvalue weighted by molar-refractivity contribution is 9.10. The third-order valence-corrected chi connectivity index (χ3v) is 3.40. The molecule has 2 rings (SSSR count). The van der Waals surface area contributed by atoms with Crippen molar-refractivity contribution in [2.45, 2.75) is 19.9 Å². The molecule has 2 aromatic rings. The Labute approximate surface area is 103 Å². The second-order valence-electron chi connectivity index (χ2n) is 3.85. The zero-order chi connectivity index (χ0) is 11.7. The van der Waals surface area contributed by atoms with Gasteiger partial charge in [0.15, 0.2) is 0 Å². The Morgan fingerprint density at radius 2 is 2.06 bits per heavy atom. The van der Waals surface area contributed by atoms with Crippen LogP contribution in [0.25, 0.3) is 0 Å². The van der Waals surface area contributed by atoms with Gasteiger partial charge in [-0.05, 0) is 40.9 Å². The van der Waals surface area contributed by atoms with Crippen LogP contribution >= 0.6 is 15.9 Å². The molecule has 0 spiro atoms. The largest absolute Gasteiger partial charge is 0.383 e. The summed E-state index contributed by atoms with van der Waals surface area (Å²) in [6.45, 7) is 4.19. The van der Waals surface area contributed by atoms with Crippen molar-refractivity contribution in [2.75, 3.05) is 5.73 Å². The number of anilines is 1. The van der Waals surface area contributed by atoms with Crippen LogP contribution in [0, 0.1) is 6.92 Å². The summed E-state index contributed by atoms with van der Waals surface area (Å²) in [6, 6.07) is 8.42. The van der Waals surface area contributed by atoms with Crippen LogP contribution in [-0.4, -0.2) is 9.78 Å². The van der Waals surface area contributed by atoms with E-state index in [1.165, 1.54) is 11.1 Å². The molecule has 1 unspecified atom stereocenters. The second kappa shape index (κ2) is 4.29. The van der Waals surface area contributed by atoms with Crippen molar-refractivity contribution in [2.24, 2.45) is 0 Å². The topological polar surface area (TPSA) is 43.8 Å². The van der Waals surface area contributed by atoms with Crippen molar-refractivity contribution in [3.63, 3.8) is 0 Å². The molecule has 4 heteroatoms. The fraction of sp³-hybridized carbons (Fsp3) is 0.250. The highest BCUT2D eigenvalue weighted by atomic mass is 79.9. The molecular weight excluding hydrogens is 266 g/mol. The molecule has 0 radical (unpaired) electrons. The van der Waals surface area contributed by atoms with Gasteiger partial charge in [-0.3, -0.25) is 0 Å². The summed E-state index contributed by atoms with van der Waals surface area (Å²) < 4.78 is 2.67. The van der Waals surface area contributed by atoms with Gasteiger partial charge < -0.3 is 5.73 Å². The highest BCUT2D eigenvalue weighted by Gasteiger charge is 2.14. The maximum Gasteiger partial charge on any atom is 0.136 e. The van der Waals surface area contributed by atoms with E-state index < -0.39 is 0 Å². The van der Waals surface area contributed by atoms with E-state index in [0.717, 1.165) is 4.47 Å². The molecule has 1 aromatic carbocycles. The van der Waals surface area contributed by atoms with Gasteiger partial charge in [0.05, 0.1) is 16.7 Å². The fourth-order valence-corrected chi connectivity index (χ4v) is 2.12. The molecule has 0 saturated carbocycles. The van der Waals surface area contributed by atoms with Crippen molar-refractivity contribution in [1.82, 2.24) is 9.78 Å². The van der Waals surface area contributed by atoms with Gasteiger partial charge in [0.2, 0.25) is 0 Å². The van der Waals surface area contributed by atoms with Crippen LogP contribution in [0.5, 0.6) is 0 Å². The standard InChI is InChI=1S/C12H14BrN3/c1-8-5-3-4-6-10(8)9(2)16-12(14)11(13)7-15-16/h3-7,9H,14H2,1-2H3. The summed E-state index contributed by atoms with van der Waals surface area (Å²) in [7, 11) is 0. The maximum atomic E-state index is 5.94. The van der Waals surface area contributed by atoms with Crippen LogP contribution in [-0.2, 0) is 0 Å². The first kappa shape index (κ1) is 11.2. The summed E-state index contributed by atoms with van der Waals surface area (Å²) in [5.41, 5.74) is 8.44. The lowest BCUT2D eigenvalue weighted by molar-refractivity contribution is 0.570. The van der Waals surface area contributed by atoms with Gasteiger partial charge in [-0.25, -0.2) is 4.68 Å². The minimum Gasteiger partial charge on any atom is -0.383 e. The van der Waals surface area contributed by atoms with Gasteiger partial charge in [-0.1, -0.05) is 24.3 Å². The van der Waals surface area contributed by atoms with E-state index in [9.17, 15) is 0 Å². The maximum absolute atomic E-state index is 5.94. The van der Waals surface area contributed by atoms with Crippen LogP contribution < -0.4 is 5.73 Å². The lowest BCUT2D eigenvalue weighted by atomic mass is 10.0. The molecule has 0 aliphatic rings. The lowest BCUT2D eigenvalue weighted by Crippen LogP contribution is -2.12. The zero-order valence-electron chi connectivity index (χ0n) is 9.31. The molecular formula is C12H14BrN3. The molecule has 0 fully saturated rings. The smallest absolute Gasteiger partial charge is 0.136 e. The van der Waals surface area contributed by atoms with Crippen LogP contribution in [0.1, 0.15) is 24.1 Å². The summed E-state index contributed by atoms with van der Waals surface area (Å²) in [5, 5.41) is 4.28. The Morgan fingerprint density at radius 3 is 2.62 bits per heavy atom. The number of nitrogen functional groups attached to an aromatic ring is 1. The quantitative estimate of drug-likeness (QED) is 0.918. The molecule has 16 heavy (non-hydrogen) atoms. The Kier molecular flexibility index (Phi) is 3.01. The number of hydrogen-bond acceptors (Lipinski definition) is 2. The van der Waals surface area contributed by atoms with Gasteiger partial charge in [0, 0.05) is 0 Å². The molecule has 84 valence electrons. The van der Waals surface area contributed by atoms with Crippen molar-refractivity contribution in [3.05, 3.63) is 46.1 Å². The van der Waals surface area contributed by atoms with Crippen molar-refractivity contribution in [1.29, 1.82) is 0 Å². The molecule has 3 nitrogen and oxygen atoms in total. The van der Waals surface area contributed by atoms with Crippen LogP contribution in [0.2, 0.25) is 0 Å². The minimum absolute atomic E-state index is 0.146. The van der Waals surface area contributed by atoms with Gasteiger partial charge in [-0.15, -0.1) is 0 Å². The molecule has 1 aromatic heterocycles. The molecule has 0 bridgehead atoms. The Morgan fingerprint density at radius 1 is 1.38 bits per heavy atom. The summed E-state index contributed by atoms with van der Waals surface area (Å²) in [4.78, 5) is 0. The molecule has 1 heterocycles. The number of hydrogen-bond donors (Lipinski definition) is 1. The van der Waals surface area contributed by atoms with E-state index in [4.69, 9.17) is 5.73 Å². The second-order valence-corrected chi connectivity index (χ2v) is 4.71. The lowest BCUT2D eigenvalue weighted by Gasteiger charge is -2.16. The van der Waals surface area contributed by atoms with Gasteiger partial charge >= 0.3 is 0 Å². The fourth-order valence-electron chi connectivity index (χ4n) is 1.85. The first-order chi connectivity index (χ1) is 7.61. The van der Waals surface area contributed by atoms with Crippen molar-refractivity contribution in [3.8, 4) is 0 Å². The first-order valence-corrected chi connectivity index (χ1v) is 5.94. The number of aryl methyl sites for hydroxylation is 1. The Hall–Kier alpha value is -1.29. The number of rotatable bonds is 2. The Balaban J connectivity index is 2.43. The van der Waals surface area contributed by atoms with E-state index in [-0.39, 0.29) is 6.04 Å². The number of aromatic nitrogens is 2. The normalized spacial score (nSPS) is 12.7. The van der Waals surface area contributed by atoms with Gasteiger partial charge in [0.1, 0.15) is 5.82 Å². The molecule has 0 aliphatic carbocycles. The van der Waals surface area contributed by atoms with Gasteiger partial charge in [-0.2, -0.15) is 5.10 Å². The number of nitrogens with two attached hydrogens (primary N) is 1. The molecule has 0 saturated heterocycles. The molecule has 0 aliphatic heterocycles. The Bertz CT molecular complexity index is 505. The minimum atomic E-state index is 0.146. The first-order valence-electron chi connectivity index (χ1n) is 5.15. The number of benzene rings is 1. The third-order valence-electron chi connectivity index (χ3n) is 2.79. The van der Waals surface area contributed by atoms with E-state index in [0.29, 0.717) is 5.82 Å². The summed E-state index contributed by atoms with van der Waals surface area (Å²) >= 11 is 3.37. The monoisotopic (exact) mass is 279 g/mol. The van der Waals surface area contributed by atoms with E-state index in [1.54, 1.807) is 6.20 Å². The summed E-state index contributed by atoms with van der Waals surface area (Å²) in [5.74, 6) is 0.663. The van der Waals surface area contributed by atoms with Gasteiger partial charge in [0.25, 0.3) is 0 Å². The predicted octanol–water partition coefficient (Wildman–Crippen LogP) is 3.15. The molecule has 1 atom stereocenters. The zero-order valence-corrected chi connectivity index (χ0v) is 10.9. The van der Waals surface area contributed by atoms with E-state index in [1.807, 2.05) is 16.8 Å². The van der Waals surface area contributed by atoms with E-state index >= 15 is 0 Å².